The molecule has 0 aliphatic carbocycles. The highest BCUT2D eigenvalue weighted by Gasteiger charge is 2.13. The third-order valence-electron chi connectivity index (χ3n) is 4.46. The van der Waals surface area contributed by atoms with Gasteiger partial charge in [0.2, 0.25) is 0 Å². The van der Waals surface area contributed by atoms with E-state index in [4.69, 9.17) is 0 Å². The van der Waals surface area contributed by atoms with E-state index in [-0.39, 0.29) is 5.41 Å². The summed E-state index contributed by atoms with van der Waals surface area (Å²) in [7, 11) is 0. The van der Waals surface area contributed by atoms with Gasteiger partial charge in [-0.05, 0) is 34.2 Å². The van der Waals surface area contributed by atoms with E-state index < -0.39 is 0 Å². The molecule has 4 aromatic rings. The SMILES string of the molecule is CC(C)(C)c1ccc(-c2ccc3c(c2)sc2ccccc23)cc1. The molecule has 0 N–H and O–H groups in total. The second-order valence-corrected chi connectivity index (χ2v) is 8.22. The number of benzene rings is 3. The van der Waals surface area contributed by atoms with E-state index in [1.54, 1.807) is 0 Å². The monoisotopic (exact) mass is 316 g/mol. The van der Waals surface area contributed by atoms with Crippen molar-refractivity contribution < 1.29 is 0 Å². The Labute approximate surface area is 141 Å². The molecule has 0 radical (unpaired) electrons. The van der Waals surface area contributed by atoms with Crippen LogP contribution in [0, 0.1) is 0 Å². The van der Waals surface area contributed by atoms with Crippen molar-refractivity contribution in [3.8, 4) is 11.1 Å². The van der Waals surface area contributed by atoms with Gasteiger partial charge in [-0.25, -0.2) is 0 Å². The van der Waals surface area contributed by atoms with Crippen LogP contribution in [0.2, 0.25) is 0 Å². The first-order valence-electron chi connectivity index (χ1n) is 8.04. The van der Waals surface area contributed by atoms with Gasteiger partial charge in [0.15, 0.2) is 0 Å². The number of fused-ring (bicyclic) bond motifs is 3. The van der Waals surface area contributed by atoms with Gasteiger partial charge < -0.3 is 0 Å². The molecule has 0 saturated carbocycles. The van der Waals surface area contributed by atoms with Gasteiger partial charge in [-0.1, -0.05) is 75.4 Å². The molecule has 0 amide bonds. The third-order valence-corrected chi connectivity index (χ3v) is 5.60. The second kappa shape index (κ2) is 5.21. The van der Waals surface area contributed by atoms with Crippen LogP contribution < -0.4 is 0 Å². The van der Waals surface area contributed by atoms with Crippen LogP contribution in [-0.4, -0.2) is 0 Å². The minimum Gasteiger partial charge on any atom is -0.135 e. The standard InChI is InChI=1S/C22H20S/c1-22(2,3)17-11-8-15(9-12-17)16-10-13-19-18-6-4-5-7-20(18)23-21(19)14-16/h4-14H,1-3H3. The Hall–Kier alpha value is -2.12. The molecule has 1 heteroatoms. The predicted octanol–water partition coefficient (Wildman–Crippen LogP) is 7.02. The number of hydrogen-bond donors (Lipinski definition) is 0. The Balaban J connectivity index is 1.81. The molecule has 0 aliphatic rings. The minimum absolute atomic E-state index is 0.202. The molecule has 1 aromatic heterocycles. The quantitative estimate of drug-likeness (QED) is 0.354. The lowest BCUT2D eigenvalue weighted by atomic mass is 9.86. The van der Waals surface area contributed by atoms with Crippen LogP contribution in [0.1, 0.15) is 26.3 Å². The maximum atomic E-state index is 2.33. The predicted molar refractivity (Wildman–Crippen MR) is 103 cm³/mol. The van der Waals surface area contributed by atoms with Gasteiger partial charge >= 0.3 is 0 Å². The van der Waals surface area contributed by atoms with Crippen LogP contribution in [0.4, 0.5) is 0 Å². The van der Waals surface area contributed by atoms with Gasteiger partial charge in [-0.3, -0.25) is 0 Å². The topological polar surface area (TPSA) is 0 Å². The minimum atomic E-state index is 0.202. The van der Waals surface area contributed by atoms with Crippen LogP contribution >= 0.6 is 11.3 Å². The first-order valence-corrected chi connectivity index (χ1v) is 8.86. The zero-order valence-electron chi connectivity index (χ0n) is 13.8. The second-order valence-electron chi connectivity index (χ2n) is 7.14. The van der Waals surface area contributed by atoms with Crippen LogP contribution in [0.15, 0.2) is 66.7 Å². The molecule has 4 rings (SSSR count). The summed E-state index contributed by atoms with van der Waals surface area (Å²) in [5.74, 6) is 0. The average molecular weight is 316 g/mol. The molecule has 0 unspecified atom stereocenters. The normalized spacial score (nSPS) is 12.1. The third kappa shape index (κ3) is 2.55. The van der Waals surface area contributed by atoms with E-state index in [1.807, 2.05) is 11.3 Å². The lowest BCUT2D eigenvalue weighted by Gasteiger charge is -2.19. The number of thiophene rings is 1. The summed E-state index contributed by atoms with van der Waals surface area (Å²) in [6, 6.07) is 24.5. The molecule has 23 heavy (non-hydrogen) atoms. The fraction of sp³-hybridized carbons (Fsp3) is 0.182. The zero-order chi connectivity index (χ0) is 16.0. The molecule has 114 valence electrons. The highest BCUT2D eigenvalue weighted by molar-refractivity contribution is 7.25. The van der Waals surface area contributed by atoms with Crippen molar-refractivity contribution in [2.45, 2.75) is 26.2 Å². The summed E-state index contributed by atoms with van der Waals surface area (Å²) in [6.45, 7) is 6.77. The van der Waals surface area contributed by atoms with Gasteiger partial charge in [0.25, 0.3) is 0 Å². The molecule has 0 spiro atoms. The Kier molecular flexibility index (Phi) is 3.28. The molecule has 0 aliphatic heterocycles. The fourth-order valence-corrected chi connectivity index (χ4v) is 4.21. The van der Waals surface area contributed by atoms with Crippen molar-refractivity contribution in [2.75, 3.05) is 0 Å². The summed E-state index contributed by atoms with van der Waals surface area (Å²) < 4.78 is 2.73. The average Bonchev–Trinajstić information content (AvgIpc) is 2.92. The maximum absolute atomic E-state index is 2.33. The van der Waals surface area contributed by atoms with Gasteiger partial charge in [0.05, 0.1) is 0 Å². The Morgan fingerprint density at radius 2 is 1.30 bits per heavy atom. The molecule has 0 bridgehead atoms. The maximum Gasteiger partial charge on any atom is 0.0361 e. The van der Waals surface area contributed by atoms with Crippen LogP contribution in [0.3, 0.4) is 0 Å². The first kappa shape index (κ1) is 14.5. The van der Waals surface area contributed by atoms with Crippen molar-refractivity contribution >= 4 is 31.5 Å². The molecular formula is C22H20S. The van der Waals surface area contributed by atoms with Gasteiger partial charge in [-0.2, -0.15) is 0 Å². The Morgan fingerprint density at radius 1 is 0.652 bits per heavy atom. The van der Waals surface area contributed by atoms with E-state index in [0.717, 1.165) is 0 Å². The number of rotatable bonds is 1. The first-order chi connectivity index (χ1) is 11.0. The summed E-state index contributed by atoms with van der Waals surface area (Å²) in [4.78, 5) is 0. The van der Waals surface area contributed by atoms with E-state index in [9.17, 15) is 0 Å². The highest BCUT2D eigenvalue weighted by atomic mass is 32.1. The van der Waals surface area contributed by atoms with E-state index in [1.165, 1.54) is 36.9 Å². The Bertz CT molecular complexity index is 982. The molecule has 1 heterocycles. The zero-order valence-corrected chi connectivity index (χ0v) is 14.6. The van der Waals surface area contributed by atoms with Gasteiger partial charge in [-0.15, -0.1) is 11.3 Å². The smallest absolute Gasteiger partial charge is 0.0361 e. The molecule has 0 fully saturated rings. The fourth-order valence-electron chi connectivity index (χ4n) is 3.07. The van der Waals surface area contributed by atoms with Gasteiger partial charge in [0, 0.05) is 20.2 Å². The molecular weight excluding hydrogens is 296 g/mol. The van der Waals surface area contributed by atoms with Crippen LogP contribution in [0.25, 0.3) is 31.3 Å². The summed E-state index contributed by atoms with van der Waals surface area (Å²) in [5.41, 5.74) is 4.17. The summed E-state index contributed by atoms with van der Waals surface area (Å²) >= 11 is 1.88. The lowest BCUT2D eigenvalue weighted by Crippen LogP contribution is -2.10. The molecule has 0 atom stereocenters. The van der Waals surface area contributed by atoms with Crippen molar-refractivity contribution in [3.63, 3.8) is 0 Å². The van der Waals surface area contributed by atoms with E-state index in [2.05, 4.69) is 87.5 Å². The lowest BCUT2D eigenvalue weighted by molar-refractivity contribution is 0.590. The van der Waals surface area contributed by atoms with Crippen molar-refractivity contribution in [1.29, 1.82) is 0 Å². The molecule has 3 aromatic carbocycles. The molecule has 0 nitrogen and oxygen atoms in total. The van der Waals surface area contributed by atoms with Gasteiger partial charge in [0.1, 0.15) is 0 Å². The van der Waals surface area contributed by atoms with Crippen molar-refractivity contribution in [1.82, 2.24) is 0 Å². The van der Waals surface area contributed by atoms with E-state index >= 15 is 0 Å². The van der Waals surface area contributed by atoms with E-state index in [0.29, 0.717) is 0 Å². The number of hydrogen-bond acceptors (Lipinski definition) is 1. The van der Waals surface area contributed by atoms with Crippen molar-refractivity contribution in [2.24, 2.45) is 0 Å². The largest absolute Gasteiger partial charge is 0.135 e. The summed E-state index contributed by atoms with van der Waals surface area (Å²) in [5, 5.41) is 2.72. The van der Waals surface area contributed by atoms with Crippen molar-refractivity contribution in [3.05, 3.63) is 72.3 Å². The van der Waals surface area contributed by atoms with Crippen LogP contribution in [-0.2, 0) is 5.41 Å². The highest BCUT2D eigenvalue weighted by Crippen LogP contribution is 2.36. The molecule has 0 saturated heterocycles. The Morgan fingerprint density at radius 3 is 2.04 bits per heavy atom. The van der Waals surface area contributed by atoms with Crippen LogP contribution in [0.5, 0.6) is 0 Å². The summed E-state index contributed by atoms with van der Waals surface area (Å²) in [6.07, 6.45) is 0.